The largest absolute Gasteiger partial charge is 0.409 e. The number of oxime groups is 1. The van der Waals surface area contributed by atoms with Crippen LogP contribution in [-0.4, -0.2) is 23.1 Å². The molecule has 0 radical (unpaired) electrons. The molecule has 0 aliphatic heterocycles. The standard InChI is InChI=1S/C15H18N4O/c1-10-4-5-13(11(2)8-10)19(3)14-9-17-7-6-12(14)15(16)18-20/h4-9,20H,1-3H3,(H2,16,18). The fourth-order valence-electron chi connectivity index (χ4n) is 2.24. The highest BCUT2D eigenvalue weighted by Gasteiger charge is 2.14. The SMILES string of the molecule is Cc1ccc(N(C)c2cnccc2/C(N)=N/O)c(C)c1. The van der Waals surface area contributed by atoms with E-state index in [2.05, 4.69) is 36.1 Å². The average molecular weight is 270 g/mol. The second kappa shape index (κ2) is 5.61. The molecular weight excluding hydrogens is 252 g/mol. The van der Waals surface area contributed by atoms with Gasteiger partial charge in [-0.25, -0.2) is 0 Å². The predicted molar refractivity (Wildman–Crippen MR) is 80.7 cm³/mol. The van der Waals surface area contributed by atoms with E-state index in [1.807, 2.05) is 18.0 Å². The molecule has 2 rings (SSSR count). The zero-order chi connectivity index (χ0) is 14.7. The number of anilines is 2. The van der Waals surface area contributed by atoms with E-state index >= 15 is 0 Å². The molecule has 0 amide bonds. The Balaban J connectivity index is 2.51. The monoisotopic (exact) mass is 270 g/mol. The van der Waals surface area contributed by atoms with Crippen molar-refractivity contribution in [2.24, 2.45) is 10.9 Å². The van der Waals surface area contributed by atoms with Crippen molar-refractivity contribution < 1.29 is 5.21 Å². The number of hydrogen-bond donors (Lipinski definition) is 2. The van der Waals surface area contributed by atoms with Gasteiger partial charge in [-0.15, -0.1) is 0 Å². The minimum atomic E-state index is 0.0685. The van der Waals surface area contributed by atoms with Crippen molar-refractivity contribution >= 4 is 17.2 Å². The van der Waals surface area contributed by atoms with E-state index in [0.717, 1.165) is 16.9 Å². The molecule has 0 fully saturated rings. The number of benzene rings is 1. The molecule has 3 N–H and O–H groups in total. The zero-order valence-corrected chi connectivity index (χ0v) is 11.8. The second-order valence-corrected chi connectivity index (χ2v) is 4.73. The van der Waals surface area contributed by atoms with Crippen LogP contribution in [-0.2, 0) is 0 Å². The van der Waals surface area contributed by atoms with Gasteiger partial charge in [-0.05, 0) is 31.5 Å². The van der Waals surface area contributed by atoms with Gasteiger partial charge in [-0.3, -0.25) is 4.98 Å². The van der Waals surface area contributed by atoms with Crippen LogP contribution in [0, 0.1) is 13.8 Å². The number of nitrogens with zero attached hydrogens (tertiary/aromatic N) is 3. The van der Waals surface area contributed by atoms with Gasteiger partial charge in [0.1, 0.15) is 0 Å². The minimum absolute atomic E-state index is 0.0685. The normalized spacial score (nSPS) is 11.4. The molecule has 0 aliphatic carbocycles. The third-order valence-electron chi connectivity index (χ3n) is 3.26. The number of pyridine rings is 1. The van der Waals surface area contributed by atoms with Crippen LogP contribution in [0.5, 0.6) is 0 Å². The molecule has 5 nitrogen and oxygen atoms in total. The minimum Gasteiger partial charge on any atom is -0.409 e. The third-order valence-corrected chi connectivity index (χ3v) is 3.26. The van der Waals surface area contributed by atoms with Gasteiger partial charge in [-0.1, -0.05) is 22.9 Å². The van der Waals surface area contributed by atoms with Gasteiger partial charge in [0.05, 0.1) is 11.9 Å². The summed E-state index contributed by atoms with van der Waals surface area (Å²) in [5.41, 5.74) is 10.6. The molecule has 0 unspecified atom stereocenters. The Hall–Kier alpha value is -2.56. The molecule has 1 aromatic heterocycles. The molecule has 0 bridgehead atoms. The van der Waals surface area contributed by atoms with Crippen LogP contribution in [0.25, 0.3) is 0 Å². The molecule has 0 spiro atoms. The first-order valence-electron chi connectivity index (χ1n) is 6.27. The molecule has 0 atom stereocenters. The highest BCUT2D eigenvalue weighted by atomic mass is 16.4. The lowest BCUT2D eigenvalue weighted by Crippen LogP contribution is -2.20. The van der Waals surface area contributed by atoms with E-state index in [1.54, 1.807) is 18.5 Å². The quantitative estimate of drug-likeness (QED) is 0.389. The number of rotatable bonds is 3. The number of hydrogen-bond acceptors (Lipinski definition) is 4. The summed E-state index contributed by atoms with van der Waals surface area (Å²) in [5.74, 6) is 0.0685. The molecule has 0 aliphatic rings. The van der Waals surface area contributed by atoms with Crippen LogP contribution in [0.15, 0.2) is 41.8 Å². The second-order valence-electron chi connectivity index (χ2n) is 4.73. The molecule has 1 heterocycles. The van der Waals surface area contributed by atoms with Crippen LogP contribution < -0.4 is 10.6 Å². The summed E-state index contributed by atoms with van der Waals surface area (Å²) in [6.07, 6.45) is 3.32. The maximum atomic E-state index is 8.88. The molecule has 0 saturated heterocycles. The van der Waals surface area contributed by atoms with E-state index in [1.165, 1.54) is 5.56 Å². The van der Waals surface area contributed by atoms with Gasteiger partial charge in [0.2, 0.25) is 0 Å². The summed E-state index contributed by atoms with van der Waals surface area (Å²) < 4.78 is 0. The Morgan fingerprint density at radius 3 is 2.65 bits per heavy atom. The van der Waals surface area contributed by atoms with Crippen LogP contribution in [0.2, 0.25) is 0 Å². The lowest BCUT2D eigenvalue weighted by atomic mass is 10.1. The topological polar surface area (TPSA) is 74.7 Å². The van der Waals surface area contributed by atoms with Gasteiger partial charge >= 0.3 is 0 Å². The highest BCUT2D eigenvalue weighted by molar-refractivity contribution is 6.02. The lowest BCUT2D eigenvalue weighted by molar-refractivity contribution is 0.318. The maximum absolute atomic E-state index is 8.88. The summed E-state index contributed by atoms with van der Waals surface area (Å²) in [6.45, 7) is 4.11. The Kier molecular flexibility index (Phi) is 3.89. The van der Waals surface area contributed by atoms with E-state index in [9.17, 15) is 0 Å². The Morgan fingerprint density at radius 1 is 1.25 bits per heavy atom. The molecule has 1 aromatic carbocycles. The van der Waals surface area contributed by atoms with Crippen molar-refractivity contribution in [1.29, 1.82) is 0 Å². The fourth-order valence-corrected chi connectivity index (χ4v) is 2.24. The summed E-state index contributed by atoms with van der Waals surface area (Å²) >= 11 is 0. The van der Waals surface area contributed by atoms with Gasteiger partial charge in [-0.2, -0.15) is 0 Å². The van der Waals surface area contributed by atoms with Gasteiger partial charge in [0.15, 0.2) is 5.84 Å². The molecule has 2 aromatic rings. The van der Waals surface area contributed by atoms with Crippen molar-refractivity contribution in [3.8, 4) is 0 Å². The van der Waals surface area contributed by atoms with E-state index in [0.29, 0.717) is 5.56 Å². The number of amidine groups is 1. The maximum Gasteiger partial charge on any atom is 0.172 e. The third kappa shape index (κ3) is 2.56. The van der Waals surface area contributed by atoms with Crippen LogP contribution in [0.1, 0.15) is 16.7 Å². The Bertz CT molecular complexity index is 652. The smallest absolute Gasteiger partial charge is 0.172 e. The fraction of sp³-hybridized carbons (Fsp3) is 0.200. The first-order chi connectivity index (χ1) is 9.54. The molecule has 104 valence electrons. The highest BCUT2D eigenvalue weighted by Crippen LogP contribution is 2.29. The van der Waals surface area contributed by atoms with Crippen molar-refractivity contribution in [3.05, 3.63) is 53.3 Å². The zero-order valence-electron chi connectivity index (χ0n) is 11.8. The predicted octanol–water partition coefficient (Wildman–Crippen LogP) is 2.56. The van der Waals surface area contributed by atoms with Crippen molar-refractivity contribution in [2.75, 3.05) is 11.9 Å². The first kappa shape index (κ1) is 13.9. The summed E-state index contributed by atoms with van der Waals surface area (Å²) in [7, 11) is 1.93. The van der Waals surface area contributed by atoms with Crippen LogP contribution in [0.4, 0.5) is 11.4 Å². The van der Waals surface area contributed by atoms with Crippen molar-refractivity contribution in [1.82, 2.24) is 4.98 Å². The first-order valence-corrected chi connectivity index (χ1v) is 6.27. The van der Waals surface area contributed by atoms with E-state index < -0.39 is 0 Å². The Morgan fingerprint density at radius 2 is 2.00 bits per heavy atom. The van der Waals surface area contributed by atoms with E-state index in [4.69, 9.17) is 10.9 Å². The van der Waals surface area contributed by atoms with Gasteiger partial charge in [0, 0.05) is 24.5 Å². The average Bonchev–Trinajstić information content (AvgIpc) is 2.46. The summed E-state index contributed by atoms with van der Waals surface area (Å²) in [5, 5.41) is 12.0. The summed E-state index contributed by atoms with van der Waals surface area (Å²) in [6, 6.07) is 7.95. The van der Waals surface area contributed by atoms with Gasteiger partial charge < -0.3 is 15.8 Å². The molecule has 0 saturated carbocycles. The number of aromatic nitrogens is 1. The number of nitrogens with two attached hydrogens (primary N) is 1. The van der Waals surface area contributed by atoms with Gasteiger partial charge in [0.25, 0.3) is 0 Å². The van der Waals surface area contributed by atoms with Crippen molar-refractivity contribution in [3.63, 3.8) is 0 Å². The Labute approximate surface area is 118 Å². The number of aryl methyl sites for hydroxylation is 2. The van der Waals surface area contributed by atoms with E-state index in [-0.39, 0.29) is 5.84 Å². The van der Waals surface area contributed by atoms with Crippen LogP contribution in [0.3, 0.4) is 0 Å². The lowest BCUT2D eigenvalue weighted by Gasteiger charge is -2.23. The molecular formula is C15H18N4O. The molecule has 5 heteroatoms. The molecule has 20 heavy (non-hydrogen) atoms. The van der Waals surface area contributed by atoms with Crippen molar-refractivity contribution in [2.45, 2.75) is 13.8 Å². The van der Waals surface area contributed by atoms with Crippen LogP contribution >= 0.6 is 0 Å². The summed E-state index contributed by atoms with van der Waals surface area (Å²) in [4.78, 5) is 6.10.